The Morgan fingerprint density at radius 1 is 1.50 bits per heavy atom. The van der Waals surface area contributed by atoms with Gasteiger partial charge in [0, 0.05) is 24.2 Å². The normalized spacial score (nSPS) is 17.6. The van der Waals surface area contributed by atoms with Gasteiger partial charge in [-0.3, -0.25) is 0 Å². The highest BCUT2D eigenvalue weighted by molar-refractivity contribution is 7.09. The van der Waals surface area contributed by atoms with Crippen LogP contribution in [0.3, 0.4) is 0 Å². The van der Waals surface area contributed by atoms with E-state index in [0.29, 0.717) is 6.04 Å². The summed E-state index contributed by atoms with van der Waals surface area (Å²) < 4.78 is 0. The molecule has 3 nitrogen and oxygen atoms in total. The van der Waals surface area contributed by atoms with Gasteiger partial charge in [-0.1, -0.05) is 0 Å². The Bertz CT molecular complexity index is 320. The molecule has 1 aromatic rings. The minimum atomic E-state index is 0.376. The molecule has 0 aromatic carbocycles. The molecule has 0 amide bonds. The largest absolute Gasteiger partial charge is 0.315 e. The molecule has 2 N–H and O–H groups in total. The third-order valence-electron chi connectivity index (χ3n) is 2.89. The van der Waals surface area contributed by atoms with Crippen LogP contribution in [0.15, 0.2) is 5.38 Å². The van der Waals surface area contributed by atoms with E-state index >= 15 is 0 Å². The average molecular weight is 239 g/mol. The fraction of sp³-hybridized carbons (Fsp3) is 0.750. The van der Waals surface area contributed by atoms with Crippen molar-refractivity contribution in [2.75, 3.05) is 19.6 Å². The van der Waals surface area contributed by atoms with Gasteiger partial charge in [0.05, 0.1) is 6.04 Å². The van der Waals surface area contributed by atoms with Crippen LogP contribution in [0.2, 0.25) is 0 Å². The Morgan fingerprint density at radius 3 is 2.94 bits per heavy atom. The summed E-state index contributed by atoms with van der Waals surface area (Å²) in [5.41, 5.74) is 1.13. The number of hydrogen-bond acceptors (Lipinski definition) is 4. The average Bonchev–Trinajstić information content (AvgIpc) is 2.99. The fourth-order valence-electron chi connectivity index (χ4n) is 1.66. The zero-order chi connectivity index (χ0) is 11.4. The van der Waals surface area contributed by atoms with Gasteiger partial charge in [0.1, 0.15) is 5.01 Å². The van der Waals surface area contributed by atoms with Gasteiger partial charge in [-0.05, 0) is 39.2 Å². The first kappa shape index (κ1) is 12.0. The molecule has 1 aliphatic rings. The lowest BCUT2D eigenvalue weighted by molar-refractivity contribution is 0.535. The predicted octanol–water partition coefficient (Wildman–Crippen LogP) is 2.10. The molecule has 1 atom stereocenters. The second kappa shape index (κ2) is 5.75. The van der Waals surface area contributed by atoms with Gasteiger partial charge in [0.25, 0.3) is 0 Å². The van der Waals surface area contributed by atoms with E-state index in [-0.39, 0.29) is 0 Å². The van der Waals surface area contributed by atoms with Crippen molar-refractivity contribution in [1.82, 2.24) is 15.6 Å². The van der Waals surface area contributed by atoms with Gasteiger partial charge >= 0.3 is 0 Å². The molecule has 16 heavy (non-hydrogen) atoms. The number of rotatable bonds is 7. The molecular formula is C12H21N3S. The summed E-state index contributed by atoms with van der Waals surface area (Å²) in [7, 11) is 0. The Morgan fingerprint density at radius 2 is 2.31 bits per heavy atom. The topological polar surface area (TPSA) is 37.0 Å². The summed E-state index contributed by atoms with van der Waals surface area (Å²) in [6.07, 6.45) is 2.85. The molecule has 1 saturated carbocycles. The van der Waals surface area contributed by atoms with Crippen molar-refractivity contribution in [2.45, 2.75) is 32.7 Å². The third kappa shape index (κ3) is 3.85. The highest BCUT2D eigenvalue weighted by Gasteiger charge is 2.19. The van der Waals surface area contributed by atoms with E-state index in [1.54, 1.807) is 11.3 Å². The third-order valence-corrected chi connectivity index (χ3v) is 4.03. The second-order valence-electron chi connectivity index (χ2n) is 4.65. The summed E-state index contributed by atoms with van der Waals surface area (Å²) in [5, 5.41) is 10.3. The van der Waals surface area contributed by atoms with Gasteiger partial charge in [-0.15, -0.1) is 11.3 Å². The van der Waals surface area contributed by atoms with Crippen molar-refractivity contribution in [3.63, 3.8) is 0 Å². The summed E-state index contributed by atoms with van der Waals surface area (Å²) in [5.74, 6) is 0.971. The van der Waals surface area contributed by atoms with E-state index in [1.165, 1.54) is 24.4 Å². The predicted molar refractivity (Wildman–Crippen MR) is 68.9 cm³/mol. The molecule has 0 radical (unpaired) electrons. The van der Waals surface area contributed by atoms with E-state index in [4.69, 9.17) is 0 Å². The van der Waals surface area contributed by atoms with Crippen LogP contribution < -0.4 is 10.6 Å². The second-order valence-corrected chi connectivity index (χ2v) is 5.54. The van der Waals surface area contributed by atoms with E-state index in [0.717, 1.165) is 24.7 Å². The number of aromatic nitrogens is 1. The Labute approximate surface area is 102 Å². The van der Waals surface area contributed by atoms with Crippen molar-refractivity contribution in [2.24, 2.45) is 5.92 Å². The Kier molecular flexibility index (Phi) is 4.32. The molecule has 4 heteroatoms. The molecule has 0 saturated heterocycles. The van der Waals surface area contributed by atoms with E-state index < -0.39 is 0 Å². The molecule has 1 fully saturated rings. The van der Waals surface area contributed by atoms with Crippen molar-refractivity contribution in [3.8, 4) is 0 Å². The highest BCUT2D eigenvalue weighted by Crippen LogP contribution is 2.27. The minimum Gasteiger partial charge on any atom is -0.315 e. The van der Waals surface area contributed by atoms with Crippen molar-refractivity contribution < 1.29 is 0 Å². The SMILES string of the molecule is Cc1csc(C(C)NCCNCC2CC2)n1. The number of nitrogens with one attached hydrogen (secondary N) is 2. The van der Waals surface area contributed by atoms with Gasteiger partial charge in [0.2, 0.25) is 0 Å². The van der Waals surface area contributed by atoms with Crippen LogP contribution in [-0.4, -0.2) is 24.6 Å². The minimum absolute atomic E-state index is 0.376. The van der Waals surface area contributed by atoms with Crippen LogP contribution in [-0.2, 0) is 0 Å². The summed E-state index contributed by atoms with van der Waals surface area (Å²) in [4.78, 5) is 4.48. The van der Waals surface area contributed by atoms with Crippen molar-refractivity contribution in [1.29, 1.82) is 0 Å². The number of hydrogen-bond donors (Lipinski definition) is 2. The maximum atomic E-state index is 4.48. The highest BCUT2D eigenvalue weighted by atomic mass is 32.1. The van der Waals surface area contributed by atoms with E-state index in [9.17, 15) is 0 Å². The molecule has 0 bridgehead atoms. The van der Waals surface area contributed by atoms with Crippen LogP contribution in [0, 0.1) is 12.8 Å². The summed E-state index contributed by atoms with van der Waals surface area (Å²) >= 11 is 1.74. The maximum Gasteiger partial charge on any atom is 0.110 e. The van der Waals surface area contributed by atoms with Crippen molar-refractivity contribution >= 4 is 11.3 Å². The molecular weight excluding hydrogens is 218 g/mol. The van der Waals surface area contributed by atoms with Crippen LogP contribution in [0.4, 0.5) is 0 Å². The van der Waals surface area contributed by atoms with Crippen LogP contribution in [0.1, 0.15) is 36.5 Å². The van der Waals surface area contributed by atoms with E-state index in [1.807, 2.05) is 6.92 Å². The lowest BCUT2D eigenvalue weighted by Crippen LogP contribution is -2.30. The first-order chi connectivity index (χ1) is 7.75. The zero-order valence-electron chi connectivity index (χ0n) is 10.1. The molecule has 1 aliphatic carbocycles. The molecule has 1 unspecified atom stereocenters. The maximum absolute atomic E-state index is 4.48. The quantitative estimate of drug-likeness (QED) is 0.716. The monoisotopic (exact) mass is 239 g/mol. The standard InChI is InChI=1S/C12H21N3S/c1-9-8-16-12(15-9)10(2)14-6-5-13-7-11-3-4-11/h8,10-11,13-14H,3-7H2,1-2H3. The first-order valence-corrected chi connectivity index (χ1v) is 7.00. The molecule has 90 valence electrons. The number of aryl methyl sites for hydroxylation is 1. The van der Waals surface area contributed by atoms with Crippen molar-refractivity contribution in [3.05, 3.63) is 16.1 Å². The molecule has 0 spiro atoms. The van der Waals surface area contributed by atoms with Gasteiger partial charge in [-0.2, -0.15) is 0 Å². The van der Waals surface area contributed by atoms with Gasteiger partial charge in [-0.25, -0.2) is 4.98 Å². The van der Waals surface area contributed by atoms with Gasteiger partial charge < -0.3 is 10.6 Å². The number of nitrogens with zero attached hydrogens (tertiary/aromatic N) is 1. The molecule has 1 aromatic heterocycles. The Balaban J connectivity index is 1.57. The van der Waals surface area contributed by atoms with Gasteiger partial charge in [0.15, 0.2) is 0 Å². The van der Waals surface area contributed by atoms with Crippen LogP contribution in [0.5, 0.6) is 0 Å². The zero-order valence-corrected chi connectivity index (χ0v) is 10.9. The Hall–Kier alpha value is -0.450. The first-order valence-electron chi connectivity index (χ1n) is 6.12. The molecule has 1 heterocycles. The molecule has 2 rings (SSSR count). The smallest absolute Gasteiger partial charge is 0.110 e. The lowest BCUT2D eigenvalue weighted by Gasteiger charge is -2.11. The fourth-order valence-corrected chi connectivity index (χ4v) is 2.49. The summed E-state index contributed by atoms with van der Waals surface area (Å²) in [6, 6.07) is 0.376. The van der Waals surface area contributed by atoms with Crippen LogP contribution in [0.25, 0.3) is 0 Å². The van der Waals surface area contributed by atoms with Crippen LogP contribution >= 0.6 is 11.3 Å². The lowest BCUT2D eigenvalue weighted by atomic mass is 10.3. The number of thiazole rings is 1. The molecule has 0 aliphatic heterocycles. The van der Waals surface area contributed by atoms with E-state index in [2.05, 4.69) is 27.9 Å². The summed E-state index contributed by atoms with van der Waals surface area (Å²) in [6.45, 7) is 7.51.